The summed E-state index contributed by atoms with van der Waals surface area (Å²) in [4.78, 5) is 14.2. The average Bonchev–Trinajstić information content (AvgIpc) is 2.73. The van der Waals surface area contributed by atoms with Gasteiger partial charge in [-0.2, -0.15) is 5.10 Å². The fraction of sp³-hybridized carbons (Fsp3) is 0.130. The lowest BCUT2D eigenvalue weighted by Gasteiger charge is -2.23. The SMILES string of the molecule is CCN(Cc1ccccc1)c1ccc(/C=N\NC(=O)c2ccccc2F)cc1. The minimum atomic E-state index is -0.578. The number of rotatable bonds is 7. The van der Waals surface area contributed by atoms with Crippen molar-refractivity contribution >= 4 is 17.8 Å². The van der Waals surface area contributed by atoms with Gasteiger partial charge in [-0.1, -0.05) is 54.6 Å². The van der Waals surface area contributed by atoms with Crippen LogP contribution in [0.25, 0.3) is 0 Å². The zero-order chi connectivity index (χ0) is 19.8. The number of carbonyl (C=O) groups is 1. The predicted molar refractivity (Wildman–Crippen MR) is 111 cm³/mol. The number of halogens is 1. The third-order valence-corrected chi connectivity index (χ3v) is 4.35. The zero-order valence-electron chi connectivity index (χ0n) is 15.7. The lowest BCUT2D eigenvalue weighted by Crippen LogP contribution is -2.21. The number of carbonyl (C=O) groups excluding carboxylic acids is 1. The molecule has 0 spiro atoms. The number of nitrogens with one attached hydrogen (secondary N) is 1. The lowest BCUT2D eigenvalue weighted by molar-refractivity contribution is 0.0951. The quantitative estimate of drug-likeness (QED) is 0.484. The second-order valence-corrected chi connectivity index (χ2v) is 6.27. The van der Waals surface area contributed by atoms with E-state index in [0.29, 0.717) is 0 Å². The maximum Gasteiger partial charge on any atom is 0.274 e. The molecular weight excluding hydrogens is 353 g/mol. The Labute approximate surface area is 164 Å². The Bertz CT molecular complexity index is 940. The van der Waals surface area contributed by atoms with E-state index >= 15 is 0 Å². The van der Waals surface area contributed by atoms with Gasteiger partial charge in [-0.05, 0) is 42.3 Å². The van der Waals surface area contributed by atoms with Crippen molar-refractivity contribution in [3.8, 4) is 0 Å². The summed E-state index contributed by atoms with van der Waals surface area (Å²) in [6, 6.07) is 24.0. The largest absolute Gasteiger partial charge is 0.367 e. The van der Waals surface area contributed by atoms with Crippen LogP contribution >= 0.6 is 0 Å². The van der Waals surface area contributed by atoms with E-state index in [9.17, 15) is 9.18 Å². The number of hydrogen-bond donors (Lipinski definition) is 1. The first-order valence-corrected chi connectivity index (χ1v) is 9.14. The molecule has 3 aromatic rings. The van der Waals surface area contributed by atoms with Crippen LogP contribution in [0, 0.1) is 5.82 Å². The molecule has 0 aromatic heterocycles. The topological polar surface area (TPSA) is 44.7 Å². The van der Waals surface area contributed by atoms with Gasteiger partial charge in [0.05, 0.1) is 11.8 Å². The number of nitrogens with zero attached hydrogens (tertiary/aromatic N) is 2. The van der Waals surface area contributed by atoms with Crippen molar-refractivity contribution in [1.29, 1.82) is 0 Å². The molecule has 28 heavy (non-hydrogen) atoms. The molecule has 1 amide bonds. The molecule has 0 heterocycles. The molecule has 5 heteroatoms. The monoisotopic (exact) mass is 375 g/mol. The maximum absolute atomic E-state index is 13.6. The normalized spacial score (nSPS) is 10.8. The summed E-state index contributed by atoms with van der Waals surface area (Å²) in [6.45, 7) is 3.85. The fourth-order valence-corrected chi connectivity index (χ4v) is 2.83. The van der Waals surface area contributed by atoms with Crippen LogP contribution in [0.3, 0.4) is 0 Å². The van der Waals surface area contributed by atoms with E-state index in [-0.39, 0.29) is 5.56 Å². The highest BCUT2D eigenvalue weighted by atomic mass is 19.1. The Kier molecular flexibility index (Phi) is 6.52. The highest BCUT2D eigenvalue weighted by molar-refractivity contribution is 5.95. The van der Waals surface area contributed by atoms with Gasteiger partial charge in [0.25, 0.3) is 5.91 Å². The molecule has 0 bridgehead atoms. The van der Waals surface area contributed by atoms with Crippen molar-refractivity contribution in [2.45, 2.75) is 13.5 Å². The van der Waals surface area contributed by atoms with Gasteiger partial charge in [-0.25, -0.2) is 9.82 Å². The highest BCUT2D eigenvalue weighted by Crippen LogP contribution is 2.17. The van der Waals surface area contributed by atoms with E-state index in [1.165, 1.54) is 30.0 Å². The molecule has 0 aliphatic carbocycles. The van der Waals surface area contributed by atoms with E-state index < -0.39 is 11.7 Å². The summed E-state index contributed by atoms with van der Waals surface area (Å²) >= 11 is 0. The lowest BCUT2D eigenvalue weighted by atomic mass is 10.1. The van der Waals surface area contributed by atoms with Crippen molar-refractivity contribution in [1.82, 2.24) is 5.43 Å². The first-order valence-electron chi connectivity index (χ1n) is 9.14. The second-order valence-electron chi connectivity index (χ2n) is 6.27. The smallest absolute Gasteiger partial charge is 0.274 e. The maximum atomic E-state index is 13.6. The molecule has 0 aliphatic heterocycles. The molecule has 142 valence electrons. The number of benzene rings is 3. The van der Waals surface area contributed by atoms with Crippen LogP contribution in [0.4, 0.5) is 10.1 Å². The molecule has 4 nitrogen and oxygen atoms in total. The van der Waals surface area contributed by atoms with Crippen molar-refractivity contribution in [3.05, 3.63) is 101 Å². The van der Waals surface area contributed by atoms with Gasteiger partial charge in [0.1, 0.15) is 5.82 Å². The first-order chi connectivity index (χ1) is 13.7. The highest BCUT2D eigenvalue weighted by Gasteiger charge is 2.09. The van der Waals surface area contributed by atoms with Crippen molar-refractivity contribution < 1.29 is 9.18 Å². The van der Waals surface area contributed by atoms with Gasteiger partial charge in [0, 0.05) is 18.8 Å². The molecule has 0 fully saturated rings. The van der Waals surface area contributed by atoms with Gasteiger partial charge < -0.3 is 4.90 Å². The fourth-order valence-electron chi connectivity index (χ4n) is 2.83. The van der Waals surface area contributed by atoms with E-state index in [0.717, 1.165) is 24.3 Å². The Hall–Kier alpha value is -3.47. The Balaban J connectivity index is 1.61. The minimum Gasteiger partial charge on any atom is -0.367 e. The molecule has 0 radical (unpaired) electrons. The molecule has 0 unspecified atom stereocenters. The Morgan fingerprint density at radius 3 is 2.36 bits per heavy atom. The predicted octanol–water partition coefficient (Wildman–Crippen LogP) is 4.62. The standard InChI is InChI=1S/C23H22FN3O/c1-2-27(17-19-8-4-3-5-9-19)20-14-12-18(13-15-20)16-25-26-23(28)21-10-6-7-11-22(21)24/h3-16H,2,17H2,1H3,(H,26,28)/b25-16-. The molecule has 1 N–H and O–H groups in total. The summed E-state index contributed by atoms with van der Waals surface area (Å²) in [7, 11) is 0. The van der Waals surface area contributed by atoms with Crippen LogP contribution in [-0.4, -0.2) is 18.7 Å². The minimum absolute atomic E-state index is 0.0329. The third-order valence-electron chi connectivity index (χ3n) is 4.35. The van der Waals surface area contributed by atoms with Crippen molar-refractivity contribution in [2.24, 2.45) is 5.10 Å². The summed E-state index contributed by atoms with van der Waals surface area (Å²) in [5.74, 6) is -1.15. The van der Waals surface area contributed by atoms with Crippen molar-refractivity contribution in [2.75, 3.05) is 11.4 Å². The molecular formula is C23H22FN3O. The summed E-state index contributed by atoms with van der Waals surface area (Å²) in [5, 5.41) is 3.92. The summed E-state index contributed by atoms with van der Waals surface area (Å²) < 4.78 is 13.6. The van der Waals surface area contributed by atoms with Gasteiger partial charge in [-0.15, -0.1) is 0 Å². The molecule has 0 saturated carbocycles. The van der Waals surface area contributed by atoms with Gasteiger partial charge in [-0.3, -0.25) is 4.79 Å². The van der Waals surface area contributed by atoms with Gasteiger partial charge in [0.2, 0.25) is 0 Å². The first kappa shape index (κ1) is 19.3. The molecule has 3 aromatic carbocycles. The van der Waals surface area contributed by atoms with E-state index in [1.807, 2.05) is 42.5 Å². The number of hydrazone groups is 1. The second kappa shape index (κ2) is 9.46. The van der Waals surface area contributed by atoms with E-state index in [2.05, 4.69) is 34.5 Å². The molecule has 0 atom stereocenters. The summed E-state index contributed by atoms with van der Waals surface area (Å²) in [5.41, 5.74) is 5.52. The zero-order valence-corrected chi connectivity index (χ0v) is 15.7. The number of amides is 1. The number of hydrogen-bond acceptors (Lipinski definition) is 3. The molecule has 3 rings (SSSR count). The van der Waals surface area contributed by atoms with Crippen molar-refractivity contribution in [3.63, 3.8) is 0 Å². The Morgan fingerprint density at radius 1 is 1.00 bits per heavy atom. The molecule has 0 aliphatic rings. The van der Waals surface area contributed by atoms with Gasteiger partial charge in [0.15, 0.2) is 0 Å². The van der Waals surface area contributed by atoms with Gasteiger partial charge >= 0.3 is 0 Å². The van der Waals surface area contributed by atoms with Crippen LogP contribution < -0.4 is 10.3 Å². The van der Waals surface area contributed by atoms with Crippen LogP contribution in [-0.2, 0) is 6.54 Å². The van der Waals surface area contributed by atoms with Crippen LogP contribution in [0.15, 0.2) is 84.0 Å². The third kappa shape index (κ3) is 5.04. The van der Waals surface area contributed by atoms with E-state index in [1.54, 1.807) is 6.07 Å². The molecule has 0 saturated heterocycles. The van der Waals surface area contributed by atoms with E-state index in [4.69, 9.17) is 0 Å². The number of anilines is 1. The van der Waals surface area contributed by atoms with Crippen LogP contribution in [0.1, 0.15) is 28.4 Å². The summed E-state index contributed by atoms with van der Waals surface area (Å²) in [6.07, 6.45) is 1.54. The van der Waals surface area contributed by atoms with Crippen LogP contribution in [0.2, 0.25) is 0 Å². The van der Waals surface area contributed by atoms with Crippen LogP contribution in [0.5, 0.6) is 0 Å². The Morgan fingerprint density at radius 2 is 1.68 bits per heavy atom. The average molecular weight is 375 g/mol.